The first-order valence-corrected chi connectivity index (χ1v) is 7.69. The van der Waals surface area contributed by atoms with Gasteiger partial charge in [-0.3, -0.25) is 4.99 Å². The Labute approximate surface area is 125 Å². The Balaban J connectivity index is 2.86. The minimum Gasteiger partial charge on any atom is -0.356 e. The number of likely N-dealkylation sites (tertiary alicyclic amines) is 1. The average Bonchev–Trinajstić information content (AvgIpc) is 2.31. The molecule has 0 bridgehead atoms. The minimum atomic E-state index is 0.0746. The quantitative estimate of drug-likeness (QED) is 0.634. The molecule has 20 heavy (non-hydrogen) atoms. The van der Waals surface area contributed by atoms with Gasteiger partial charge < -0.3 is 15.1 Å². The fourth-order valence-corrected chi connectivity index (χ4v) is 2.20. The second-order valence-electron chi connectivity index (χ2n) is 7.91. The normalized spacial score (nSPS) is 21.9. The van der Waals surface area contributed by atoms with Gasteiger partial charge >= 0.3 is 0 Å². The number of likely N-dealkylation sites (N-methyl/N-ethyl adjacent to an activating group) is 1. The van der Waals surface area contributed by atoms with Crippen molar-refractivity contribution in [1.29, 1.82) is 0 Å². The van der Waals surface area contributed by atoms with Crippen molar-refractivity contribution < 1.29 is 0 Å². The average molecular weight is 282 g/mol. The van der Waals surface area contributed by atoms with E-state index in [0.29, 0.717) is 5.41 Å². The van der Waals surface area contributed by atoms with E-state index in [-0.39, 0.29) is 11.1 Å². The fraction of sp³-hybridized carbons (Fsp3) is 0.938. The Hall–Kier alpha value is -0.770. The molecule has 0 aromatic carbocycles. The zero-order chi connectivity index (χ0) is 15.8. The summed E-state index contributed by atoms with van der Waals surface area (Å²) in [4.78, 5) is 9.51. The van der Waals surface area contributed by atoms with E-state index in [2.05, 4.69) is 77.7 Å². The Bertz CT molecular complexity index is 367. The fourth-order valence-electron chi connectivity index (χ4n) is 2.20. The van der Waals surface area contributed by atoms with E-state index < -0.39 is 0 Å². The van der Waals surface area contributed by atoms with Crippen LogP contribution in [0, 0.1) is 5.41 Å². The van der Waals surface area contributed by atoms with Crippen LogP contribution in [0.1, 0.15) is 48.5 Å². The van der Waals surface area contributed by atoms with Crippen LogP contribution in [0.2, 0.25) is 0 Å². The molecule has 118 valence electrons. The lowest BCUT2D eigenvalue weighted by Crippen LogP contribution is -2.72. The first-order valence-electron chi connectivity index (χ1n) is 7.69. The van der Waals surface area contributed by atoms with E-state index in [1.54, 1.807) is 0 Å². The molecule has 1 aliphatic heterocycles. The van der Waals surface area contributed by atoms with Crippen molar-refractivity contribution >= 4 is 5.96 Å². The lowest BCUT2D eigenvalue weighted by molar-refractivity contribution is -0.0668. The number of nitrogens with one attached hydrogen (secondary N) is 1. The van der Waals surface area contributed by atoms with Crippen molar-refractivity contribution in [2.75, 3.05) is 33.7 Å². The van der Waals surface area contributed by atoms with Crippen LogP contribution in [0.15, 0.2) is 4.99 Å². The third-order valence-corrected chi connectivity index (χ3v) is 5.30. The predicted octanol–water partition coefficient (Wildman–Crippen LogP) is 2.41. The molecule has 0 aromatic rings. The molecule has 0 spiro atoms. The topological polar surface area (TPSA) is 30.9 Å². The number of hydrogen-bond acceptors (Lipinski definition) is 2. The number of rotatable bonds is 4. The van der Waals surface area contributed by atoms with Crippen LogP contribution < -0.4 is 5.32 Å². The number of nitrogens with zero attached hydrogens (tertiary/aromatic N) is 3. The summed E-state index contributed by atoms with van der Waals surface area (Å²) in [5, 5.41) is 3.45. The lowest BCUT2D eigenvalue weighted by atomic mass is 9.65. The molecule has 0 aromatic heterocycles. The molecule has 0 saturated carbocycles. The zero-order valence-corrected chi connectivity index (χ0v) is 15.0. The molecular weight excluding hydrogens is 248 g/mol. The summed E-state index contributed by atoms with van der Waals surface area (Å²) in [5.74, 6) is 1.05. The Morgan fingerprint density at radius 3 is 2.15 bits per heavy atom. The molecule has 1 N–H and O–H groups in total. The molecule has 1 saturated heterocycles. The molecule has 0 atom stereocenters. The highest BCUT2D eigenvalue weighted by molar-refractivity contribution is 5.82. The van der Waals surface area contributed by atoms with E-state index in [0.717, 1.165) is 25.6 Å². The van der Waals surface area contributed by atoms with Crippen LogP contribution in [0.5, 0.6) is 0 Å². The number of guanidine groups is 1. The monoisotopic (exact) mass is 282 g/mol. The van der Waals surface area contributed by atoms with Crippen LogP contribution in [0.3, 0.4) is 0 Å². The zero-order valence-electron chi connectivity index (χ0n) is 15.0. The maximum absolute atomic E-state index is 4.88. The summed E-state index contributed by atoms with van der Waals surface area (Å²) in [6.07, 6.45) is 0. The maximum Gasteiger partial charge on any atom is 0.194 e. The lowest BCUT2D eigenvalue weighted by Gasteiger charge is -2.62. The summed E-state index contributed by atoms with van der Waals surface area (Å²) in [5.41, 5.74) is 0.557. The molecule has 0 radical (unpaired) electrons. The second-order valence-corrected chi connectivity index (χ2v) is 7.91. The summed E-state index contributed by atoms with van der Waals surface area (Å²) in [6, 6.07) is 0. The van der Waals surface area contributed by atoms with Gasteiger partial charge in [-0.15, -0.1) is 0 Å². The molecule has 1 rings (SSSR count). The molecule has 4 heteroatoms. The van der Waals surface area contributed by atoms with Crippen LogP contribution >= 0.6 is 0 Å². The second kappa shape index (κ2) is 5.55. The van der Waals surface area contributed by atoms with Gasteiger partial charge in [-0.25, -0.2) is 0 Å². The van der Waals surface area contributed by atoms with Gasteiger partial charge in [0.05, 0.1) is 6.54 Å². The van der Waals surface area contributed by atoms with Crippen LogP contribution in [0.25, 0.3) is 0 Å². The van der Waals surface area contributed by atoms with Gasteiger partial charge in [0.1, 0.15) is 0 Å². The number of hydrogen-bond donors (Lipinski definition) is 1. The van der Waals surface area contributed by atoms with Crippen molar-refractivity contribution in [1.82, 2.24) is 15.1 Å². The molecule has 0 amide bonds. The summed E-state index contributed by atoms with van der Waals surface area (Å²) in [7, 11) is 4.22. The summed E-state index contributed by atoms with van der Waals surface area (Å²) < 4.78 is 0. The van der Waals surface area contributed by atoms with Crippen LogP contribution in [-0.2, 0) is 0 Å². The Morgan fingerprint density at radius 1 is 1.25 bits per heavy atom. The highest BCUT2D eigenvalue weighted by Crippen LogP contribution is 2.46. The van der Waals surface area contributed by atoms with Gasteiger partial charge in [0.2, 0.25) is 0 Å². The Kier molecular flexibility index (Phi) is 4.79. The van der Waals surface area contributed by atoms with Crippen molar-refractivity contribution in [3.05, 3.63) is 0 Å². The molecule has 1 heterocycles. The van der Waals surface area contributed by atoms with Gasteiger partial charge in [0, 0.05) is 29.6 Å². The smallest absolute Gasteiger partial charge is 0.194 e. The van der Waals surface area contributed by atoms with Gasteiger partial charge in [0.25, 0.3) is 0 Å². The third kappa shape index (κ3) is 3.11. The van der Waals surface area contributed by atoms with Crippen molar-refractivity contribution in [3.8, 4) is 0 Å². The van der Waals surface area contributed by atoms with E-state index in [1.807, 2.05) is 0 Å². The first kappa shape index (κ1) is 17.3. The molecule has 1 fully saturated rings. The highest BCUT2D eigenvalue weighted by atomic mass is 15.4. The first-order chi connectivity index (χ1) is 8.95. The van der Waals surface area contributed by atoms with Gasteiger partial charge in [0.15, 0.2) is 5.96 Å². The largest absolute Gasteiger partial charge is 0.356 e. The molecule has 4 nitrogen and oxygen atoms in total. The summed E-state index contributed by atoms with van der Waals surface area (Å²) in [6.45, 7) is 18.6. The number of aliphatic imine (C=N–C) groups is 1. The third-order valence-electron chi connectivity index (χ3n) is 5.30. The highest BCUT2D eigenvalue weighted by Gasteiger charge is 2.53. The predicted molar refractivity (Wildman–Crippen MR) is 88.3 cm³/mol. The maximum atomic E-state index is 4.88. The molecule has 1 aliphatic rings. The van der Waals surface area contributed by atoms with Crippen LogP contribution in [0.4, 0.5) is 0 Å². The van der Waals surface area contributed by atoms with Gasteiger partial charge in [-0.2, -0.15) is 0 Å². The van der Waals surface area contributed by atoms with Gasteiger partial charge in [-0.05, 0) is 48.7 Å². The van der Waals surface area contributed by atoms with Crippen LogP contribution in [-0.4, -0.2) is 60.6 Å². The van der Waals surface area contributed by atoms with Gasteiger partial charge in [-0.1, -0.05) is 13.8 Å². The van der Waals surface area contributed by atoms with E-state index in [1.165, 1.54) is 0 Å². The van der Waals surface area contributed by atoms with Crippen molar-refractivity contribution in [3.63, 3.8) is 0 Å². The standard InChI is InChI=1S/C16H34N4/c1-10-17-13(18-11-15(4,5)19(8)9)20-12-14(2,3)16(20,6)7/h10-12H2,1-9H3,(H,17,18). The van der Waals surface area contributed by atoms with E-state index in [4.69, 9.17) is 4.99 Å². The SMILES string of the molecule is CCNC(=NCC(C)(C)N(C)C)N1CC(C)(C)C1(C)C. The van der Waals surface area contributed by atoms with Crippen molar-refractivity contribution in [2.45, 2.75) is 59.5 Å². The van der Waals surface area contributed by atoms with E-state index >= 15 is 0 Å². The minimum absolute atomic E-state index is 0.0746. The molecule has 0 aliphatic carbocycles. The molecular formula is C16H34N4. The van der Waals surface area contributed by atoms with Crippen molar-refractivity contribution in [2.24, 2.45) is 10.4 Å². The molecule has 0 unspecified atom stereocenters. The van der Waals surface area contributed by atoms with E-state index in [9.17, 15) is 0 Å². The Morgan fingerprint density at radius 2 is 1.80 bits per heavy atom. The summed E-state index contributed by atoms with van der Waals surface area (Å²) >= 11 is 0.